The maximum Gasteiger partial charge on any atom is 0.407 e. The van der Waals surface area contributed by atoms with Crippen molar-refractivity contribution >= 4 is 42.4 Å². The molecule has 0 saturated heterocycles. The highest BCUT2D eigenvalue weighted by molar-refractivity contribution is 6.63. The van der Waals surface area contributed by atoms with E-state index in [9.17, 15) is 19.2 Å². The zero-order valence-electron chi connectivity index (χ0n) is 20.9. The quantitative estimate of drug-likeness (QED) is 0.198. The number of esters is 1. The monoisotopic (exact) mass is 503 g/mol. The Balaban J connectivity index is 1.58. The molecule has 3 aromatic rings. The Morgan fingerprint density at radius 2 is 1.76 bits per heavy atom. The molecule has 0 saturated carbocycles. The third-order valence-corrected chi connectivity index (χ3v) is 5.73. The van der Waals surface area contributed by atoms with Crippen LogP contribution in [0.5, 0.6) is 0 Å². The summed E-state index contributed by atoms with van der Waals surface area (Å²) in [6.45, 7) is 3.70. The van der Waals surface area contributed by atoms with Crippen LogP contribution in [0.25, 0.3) is 10.9 Å². The standard InChI is InChI=1S/C27H30BN3O6/c1-3-4-12-36-27(35)31-23(13-18-8-6-5-7-9-18)25(33)30-17(2)26(34)37-16-19-10-11-20-21(24(28)32)15-29-22(20)14-19/h5-11,14-15,17,23,29H,3-4,12-13,16H2,1-2H3,(H,30,33)(H,31,35). The summed E-state index contributed by atoms with van der Waals surface area (Å²) >= 11 is 0. The third-order valence-electron chi connectivity index (χ3n) is 5.73. The Labute approximate surface area is 216 Å². The van der Waals surface area contributed by atoms with Gasteiger partial charge in [-0.25, -0.2) is 9.59 Å². The summed E-state index contributed by atoms with van der Waals surface area (Å²) < 4.78 is 10.5. The van der Waals surface area contributed by atoms with E-state index in [2.05, 4.69) is 15.6 Å². The number of unbranched alkanes of at least 4 members (excludes halogenated alkanes) is 1. The summed E-state index contributed by atoms with van der Waals surface area (Å²) in [7, 11) is 5.36. The first-order valence-corrected chi connectivity index (χ1v) is 12.1. The largest absolute Gasteiger partial charge is 0.459 e. The summed E-state index contributed by atoms with van der Waals surface area (Å²) in [6, 6.07) is 12.5. The number of aromatic amines is 1. The lowest BCUT2D eigenvalue weighted by Gasteiger charge is -2.21. The van der Waals surface area contributed by atoms with Gasteiger partial charge in [0.25, 0.3) is 0 Å². The van der Waals surface area contributed by atoms with Gasteiger partial charge in [0.15, 0.2) is 7.85 Å². The van der Waals surface area contributed by atoms with Gasteiger partial charge in [-0.3, -0.25) is 4.79 Å². The minimum atomic E-state index is -0.959. The van der Waals surface area contributed by atoms with E-state index in [-0.39, 0.29) is 19.6 Å². The fraction of sp³-hybridized carbons (Fsp3) is 0.333. The van der Waals surface area contributed by atoms with Crippen LogP contribution in [0.3, 0.4) is 0 Å². The molecule has 2 aromatic carbocycles. The van der Waals surface area contributed by atoms with Gasteiger partial charge >= 0.3 is 12.1 Å². The highest BCUT2D eigenvalue weighted by Crippen LogP contribution is 2.20. The number of carbonyl (C=O) groups excluding carboxylic acids is 4. The smallest absolute Gasteiger partial charge is 0.407 e. The number of benzene rings is 2. The Kier molecular flexibility index (Phi) is 9.88. The van der Waals surface area contributed by atoms with Crippen molar-refractivity contribution in [2.24, 2.45) is 0 Å². The van der Waals surface area contributed by atoms with Crippen molar-refractivity contribution in [2.45, 2.75) is 51.8 Å². The van der Waals surface area contributed by atoms with E-state index in [0.29, 0.717) is 22.0 Å². The molecule has 37 heavy (non-hydrogen) atoms. The van der Waals surface area contributed by atoms with E-state index in [1.165, 1.54) is 13.1 Å². The van der Waals surface area contributed by atoms with E-state index in [0.717, 1.165) is 18.4 Å². The zero-order valence-corrected chi connectivity index (χ0v) is 20.9. The zero-order chi connectivity index (χ0) is 26.8. The average Bonchev–Trinajstić information content (AvgIpc) is 3.31. The lowest BCUT2D eigenvalue weighted by molar-refractivity contribution is -0.148. The van der Waals surface area contributed by atoms with Crippen LogP contribution < -0.4 is 10.6 Å². The molecule has 0 bridgehead atoms. The highest BCUT2D eigenvalue weighted by Gasteiger charge is 2.26. The SMILES string of the molecule is [B]C(=O)c1c[nH]c2cc(COC(=O)C(C)NC(=O)C(Cc3ccccc3)NC(=O)OCCCC)ccc12. The van der Waals surface area contributed by atoms with E-state index in [1.54, 1.807) is 18.2 Å². The first-order valence-electron chi connectivity index (χ1n) is 12.1. The number of ether oxygens (including phenoxy) is 2. The van der Waals surface area contributed by atoms with Crippen LogP contribution in [0.15, 0.2) is 54.7 Å². The van der Waals surface area contributed by atoms with Crippen LogP contribution in [0, 0.1) is 0 Å². The molecule has 0 aliphatic rings. The molecule has 0 aliphatic carbocycles. The van der Waals surface area contributed by atoms with Gasteiger partial charge in [-0.05, 0) is 30.5 Å². The lowest BCUT2D eigenvalue weighted by atomic mass is 9.94. The van der Waals surface area contributed by atoms with Gasteiger partial charge in [-0.2, -0.15) is 0 Å². The van der Waals surface area contributed by atoms with Crippen molar-refractivity contribution in [1.29, 1.82) is 0 Å². The van der Waals surface area contributed by atoms with Gasteiger partial charge in [0.2, 0.25) is 5.91 Å². The summed E-state index contributed by atoms with van der Waals surface area (Å²) in [4.78, 5) is 52.2. The molecule has 2 radical (unpaired) electrons. The normalized spacial score (nSPS) is 12.4. The Hall–Kier alpha value is -4.08. The number of hydrogen-bond donors (Lipinski definition) is 3. The van der Waals surface area contributed by atoms with Crippen molar-refractivity contribution < 1.29 is 28.7 Å². The molecule has 9 nitrogen and oxygen atoms in total. The first-order chi connectivity index (χ1) is 17.8. The molecule has 2 amide bonds. The number of amides is 2. The average molecular weight is 503 g/mol. The van der Waals surface area contributed by atoms with Gasteiger partial charge in [0.05, 0.1) is 6.61 Å². The predicted molar refractivity (Wildman–Crippen MR) is 139 cm³/mol. The summed E-state index contributed by atoms with van der Waals surface area (Å²) in [5, 5.41) is 5.88. The fourth-order valence-electron chi connectivity index (χ4n) is 3.67. The Bertz CT molecular complexity index is 1240. The number of hydrogen-bond acceptors (Lipinski definition) is 6. The van der Waals surface area contributed by atoms with Crippen molar-refractivity contribution in [3.63, 3.8) is 0 Å². The molecule has 1 aromatic heterocycles. The second-order valence-electron chi connectivity index (χ2n) is 8.66. The molecule has 3 N–H and O–H groups in total. The first kappa shape index (κ1) is 27.5. The number of fused-ring (bicyclic) bond motifs is 1. The molecule has 0 aliphatic heterocycles. The van der Waals surface area contributed by atoms with Crippen molar-refractivity contribution in [3.8, 4) is 0 Å². The molecule has 2 unspecified atom stereocenters. The molecule has 1 heterocycles. The van der Waals surface area contributed by atoms with Gasteiger partial charge in [-0.15, -0.1) is 0 Å². The van der Waals surface area contributed by atoms with Crippen LogP contribution in [-0.2, 0) is 32.1 Å². The second-order valence-corrected chi connectivity index (χ2v) is 8.66. The van der Waals surface area contributed by atoms with Gasteiger partial charge < -0.3 is 29.9 Å². The maximum absolute atomic E-state index is 13.0. The number of carbonyl (C=O) groups is 4. The van der Waals surface area contributed by atoms with Crippen molar-refractivity contribution in [1.82, 2.24) is 15.6 Å². The highest BCUT2D eigenvalue weighted by atomic mass is 16.5. The van der Waals surface area contributed by atoms with Gasteiger partial charge in [0.1, 0.15) is 24.4 Å². The van der Waals surface area contributed by atoms with E-state index < -0.39 is 35.7 Å². The van der Waals surface area contributed by atoms with E-state index in [4.69, 9.17) is 17.3 Å². The van der Waals surface area contributed by atoms with Crippen molar-refractivity contribution in [2.75, 3.05) is 6.61 Å². The Morgan fingerprint density at radius 1 is 1.00 bits per heavy atom. The summed E-state index contributed by atoms with van der Waals surface area (Å²) in [5.41, 5.74) is 2.05. The van der Waals surface area contributed by atoms with Crippen LogP contribution in [0.1, 0.15) is 48.2 Å². The lowest BCUT2D eigenvalue weighted by Crippen LogP contribution is -2.52. The third kappa shape index (κ3) is 7.96. The second kappa shape index (κ2) is 13.3. The topological polar surface area (TPSA) is 127 Å². The number of nitrogens with one attached hydrogen (secondary N) is 3. The van der Waals surface area contributed by atoms with Crippen LogP contribution in [-0.4, -0.2) is 55.2 Å². The van der Waals surface area contributed by atoms with Crippen LogP contribution in [0.4, 0.5) is 4.79 Å². The number of alkyl carbamates (subject to hydrolysis) is 1. The summed E-state index contributed by atoms with van der Waals surface area (Å²) in [6.07, 6.45) is 2.64. The van der Waals surface area contributed by atoms with Gasteiger partial charge in [0, 0.05) is 29.1 Å². The molecule has 192 valence electrons. The number of H-pyrrole nitrogens is 1. The number of aromatic nitrogens is 1. The Morgan fingerprint density at radius 3 is 2.46 bits per heavy atom. The molecule has 0 fully saturated rings. The minimum Gasteiger partial charge on any atom is -0.459 e. The number of rotatable bonds is 12. The maximum atomic E-state index is 13.0. The fourth-order valence-corrected chi connectivity index (χ4v) is 3.67. The van der Waals surface area contributed by atoms with E-state index in [1.807, 2.05) is 37.3 Å². The molecule has 0 spiro atoms. The summed E-state index contributed by atoms with van der Waals surface area (Å²) in [5.74, 6) is -1.17. The van der Waals surface area contributed by atoms with E-state index >= 15 is 0 Å². The van der Waals surface area contributed by atoms with Crippen molar-refractivity contribution in [3.05, 3.63) is 71.4 Å². The van der Waals surface area contributed by atoms with Gasteiger partial charge in [-0.1, -0.05) is 55.8 Å². The minimum absolute atomic E-state index is 0.0324. The molecular weight excluding hydrogens is 473 g/mol. The molecular formula is C27H30BN3O6. The predicted octanol–water partition coefficient (Wildman–Crippen LogP) is 3.16. The van der Waals surface area contributed by atoms with Crippen LogP contribution in [0.2, 0.25) is 0 Å². The van der Waals surface area contributed by atoms with Crippen LogP contribution >= 0.6 is 0 Å². The molecule has 2 atom stereocenters. The molecule has 10 heteroatoms. The molecule has 3 rings (SSSR count).